The summed E-state index contributed by atoms with van der Waals surface area (Å²) in [6, 6.07) is 8.06. The first-order chi connectivity index (χ1) is 8.31. The maximum Gasteiger partial charge on any atom is 0.103 e. The summed E-state index contributed by atoms with van der Waals surface area (Å²) in [5.74, 6) is 0. The molecule has 2 N–H and O–H groups in total. The molecule has 3 nitrogen and oxygen atoms in total. The minimum Gasteiger partial charge on any atom is -0.380 e. The molecule has 1 unspecified atom stereocenters. The van der Waals surface area contributed by atoms with Gasteiger partial charge in [-0.15, -0.1) is 0 Å². The lowest BCUT2D eigenvalue weighted by Crippen LogP contribution is -2.31. The Kier molecular flexibility index (Phi) is 4.24. The van der Waals surface area contributed by atoms with E-state index >= 15 is 0 Å². The van der Waals surface area contributed by atoms with E-state index in [0.29, 0.717) is 16.6 Å². The summed E-state index contributed by atoms with van der Waals surface area (Å²) in [4.78, 5) is 0. The lowest BCUT2D eigenvalue weighted by Gasteiger charge is -2.18. The average Bonchev–Trinajstić information content (AvgIpc) is 2.58. The first kappa shape index (κ1) is 12.2. The Labute approximate surface area is 107 Å². The number of nitrogens with zero attached hydrogens (tertiary/aromatic N) is 1. The van der Waals surface area contributed by atoms with Gasteiger partial charge in [0.25, 0.3) is 0 Å². The Morgan fingerprint density at radius 1 is 1.41 bits per heavy atom. The van der Waals surface area contributed by atoms with Gasteiger partial charge >= 0.3 is 0 Å². The first-order valence-electron chi connectivity index (χ1n) is 5.97. The predicted molar refractivity (Wildman–Crippen MR) is 70.3 cm³/mol. The maximum absolute atomic E-state index is 9.09. The topological polar surface area (TPSA) is 47.9 Å². The van der Waals surface area contributed by atoms with Crippen molar-refractivity contribution in [2.75, 3.05) is 18.4 Å². The second-order valence-electron chi connectivity index (χ2n) is 4.32. The van der Waals surface area contributed by atoms with Crippen LogP contribution in [-0.2, 0) is 0 Å². The number of rotatable bonds is 2. The maximum atomic E-state index is 9.09. The fourth-order valence-electron chi connectivity index (χ4n) is 2.12. The van der Waals surface area contributed by atoms with E-state index in [-0.39, 0.29) is 0 Å². The van der Waals surface area contributed by atoms with Crippen molar-refractivity contribution >= 4 is 17.3 Å². The molecule has 0 spiro atoms. The Balaban J connectivity index is 2.12. The third-order valence-corrected chi connectivity index (χ3v) is 3.35. The highest BCUT2D eigenvalue weighted by Gasteiger charge is 2.14. The molecular formula is C13H16ClN3. The molecule has 0 aliphatic carbocycles. The van der Waals surface area contributed by atoms with Crippen LogP contribution in [0.4, 0.5) is 5.69 Å². The summed E-state index contributed by atoms with van der Waals surface area (Å²) in [6.07, 6.45) is 3.57. The van der Waals surface area contributed by atoms with Gasteiger partial charge in [-0.05, 0) is 31.5 Å². The van der Waals surface area contributed by atoms with Gasteiger partial charge in [-0.25, -0.2) is 0 Å². The highest BCUT2D eigenvalue weighted by molar-refractivity contribution is 6.32. The monoisotopic (exact) mass is 249 g/mol. The largest absolute Gasteiger partial charge is 0.380 e. The second kappa shape index (κ2) is 5.90. The standard InChI is InChI=1S/C13H16ClN3/c14-12-5-3-6-13(11(12)8-15)17-10-4-1-2-7-16-9-10/h3,5-6,10,16-17H,1-2,4,7,9H2. The summed E-state index contributed by atoms with van der Waals surface area (Å²) in [5, 5.41) is 16.4. The molecule has 0 radical (unpaired) electrons. The van der Waals surface area contributed by atoms with Crippen LogP contribution >= 0.6 is 11.6 Å². The van der Waals surface area contributed by atoms with Crippen molar-refractivity contribution in [3.8, 4) is 6.07 Å². The van der Waals surface area contributed by atoms with Gasteiger partial charge in [0.2, 0.25) is 0 Å². The number of halogens is 1. The van der Waals surface area contributed by atoms with Crippen molar-refractivity contribution < 1.29 is 0 Å². The third-order valence-electron chi connectivity index (χ3n) is 3.03. The highest BCUT2D eigenvalue weighted by atomic mass is 35.5. The van der Waals surface area contributed by atoms with Crippen LogP contribution in [0.3, 0.4) is 0 Å². The van der Waals surface area contributed by atoms with Gasteiger partial charge in [0.1, 0.15) is 6.07 Å². The van der Waals surface area contributed by atoms with E-state index in [9.17, 15) is 0 Å². The van der Waals surface area contributed by atoms with E-state index in [1.54, 1.807) is 6.07 Å². The van der Waals surface area contributed by atoms with Gasteiger partial charge in [-0.1, -0.05) is 24.1 Å². The summed E-state index contributed by atoms with van der Waals surface area (Å²) < 4.78 is 0. The molecule has 2 rings (SSSR count). The molecule has 1 saturated heterocycles. The summed E-state index contributed by atoms with van der Waals surface area (Å²) in [5.41, 5.74) is 1.38. The smallest absolute Gasteiger partial charge is 0.103 e. The molecule has 0 saturated carbocycles. The van der Waals surface area contributed by atoms with Crippen molar-refractivity contribution in [1.29, 1.82) is 5.26 Å². The molecule has 1 aliphatic heterocycles. The van der Waals surface area contributed by atoms with Crippen molar-refractivity contribution in [3.63, 3.8) is 0 Å². The molecular weight excluding hydrogens is 234 g/mol. The van der Waals surface area contributed by atoms with Crippen molar-refractivity contribution in [2.45, 2.75) is 25.3 Å². The van der Waals surface area contributed by atoms with Gasteiger partial charge in [0.15, 0.2) is 0 Å². The van der Waals surface area contributed by atoms with Gasteiger partial charge in [0.05, 0.1) is 16.3 Å². The van der Waals surface area contributed by atoms with E-state index in [1.807, 2.05) is 12.1 Å². The zero-order valence-corrected chi connectivity index (χ0v) is 10.4. The molecule has 1 aromatic rings. The lowest BCUT2D eigenvalue weighted by molar-refractivity contribution is 0.636. The Morgan fingerprint density at radius 3 is 3.12 bits per heavy atom. The lowest BCUT2D eigenvalue weighted by atomic mass is 10.1. The van der Waals surface area contributed by atoms with E-state index in [2.05, 4.69) is 16.7 Å². The minimum absolute atomic E-state index is 0.378. The summed E-state index contributed by atoms with van der Waals surface area (Å²) >= 11 is 6.00. The van der Waals surface area contributed by atoms with E-state index < -0.39 is 0 Å². The van der Waals surface area contributed by atoms with Crippen LogP contribution < -0.4 is 10.6 Å². The van der Waals surface area contributed by atoms with Crippen molar-refractivity contribution in [2.24, 2.45) is 0 Å². The molecule has 0 amide bonds. The summed E-state index contributed by atoms with van der Waals surface area (Å²) in [6.45, 7) is 2.02. The Hall–Kier alpha value is -1.24. The molecule has 1 heterocycles. The van der Waals surface area contributed by atoms with E-state index in [4.69, 9.17) is 16.9 Å². The molecule has 1 atom stereocenters. The van der Waals surface area contributed by atoms with Crippen LogP contribution in [-0.4, -0.2) is 19.1 Å². The number of hydrogen-bond donors (Lipinski definition) is 2. The van der Waals surface area contributed by atoms with Crippen molar-refractivity contribution in [1.82, 2.24) is 5.32 Å². The van der Waals surface area contributed by atoms with Crippen LogP contribution in [0, 0.1) is 11.3 Å². The normalized spacial score (nSPS) is 20.4. The van der Waals surface area contributed by atoms with Crippen LogP contribution in [0.5, 0.6) is 0 Å². The SMILES string of the molecule is N#Cc1c(Cl)cccc1NC1CCCCNC1. The van der Waals surface area contributed by atoms with Crippen LogP contribution in [0.25, 0.3) is 0 Å². The molecule has 4 heteroatoms. The molecule has 1 fully saturated rings. The number of anilines is 1. The van der Waals surface area contributed by atoms with Gasteiger partial charge in [-0.3, -0.25) is 0 Å². The average molecular weight is 250 g/mol. The van der Waals surface area contributed by atoms with E-state index in [0.717, 1.165) is 25.2 Å². The third kappa shape index (κ3) is 3.12. The number of nitriles is 1. The quantitative estimate of drug-likeness (QED) is 0.847. The van der Waals surface area contributed by atoms with Gasteiger partial charge in [0, 0.05) is 12.6 Å². The molecule has 0 aromatic heterocycles. The Bertz CT molecular complexity index is 417. The van der Waals surface area contributed by atoms with E-state index in [1.165, 1.54) is 12.8 Å². The van der Waals surface area contributed by atoms with Crippen LogP contribution in [0.15, 0.2) is 18.2 Å². The number of nitrogens with one attached hydrogen (secondary N) is 2. The molecule has 1 aromatic carbocycles. The highest BCUT2D eigenvalue weighted by Crippen LogP contribution is 2.24. The molecule has 0 bridgehead atoms. The summed E-state index contributed by atoms with van der Waals surface area (Å²) in [7, 11) is 0. The zero-order valence-electron chi connectivity index (χ0n) is 9.67. The van der Waals surface area contributed by atoms with Crippen LogP contribution in [0.1, 0.15) is 24.8 Å². The number of benzene rings is 1. The first-order valence-corrected chi connectivity index (χ1v) is 6.35. The predicted octanol–water partition coefficient (Wildman–Crippen LogP) is 2.77. The van der Waals surface area contributed by atoms with Gasteiger partial charge in [-0.2, -0.15) is 5.26 Å². The van der Waals surface area contributed by atoms with Gasteiger partial charge < -0.3 is 10.6 Å². The van der Waals surface area contributed by atoms with Crippen molar-refractivity contribution in [3.05, 3.63) is 28.8 Å². The molecule has 17 heavy (non-hydrogen) atoms. The molecule has 1 aliphatic rings. The second-order valence-corrected chi connectivity index (χ2v) is 4.72. The minimum atomic E-state index is 0.378. The van der Waals surface area contributed by atoms with Crippen LogP contribution in [0.2, 0.25) is 5.02 Å². The fourth-order valence-corrected chi connectivity index (χ4v) is 2.34. The zero-order chi connectivity index (χ0) is 12.1. The fraction of sp³-hybridized carbons (Fsp3) is 0.462. The molecule has 90 valence electrons. The number of hydrogen-bond acceptors (Lipinski definition) is 3. The Morgan fingerprint density at radius 2 is 2.29 bits per heavy atom.